The van der Waals surface area contributed by atoms with Crippen LogP contribution in [0.25, 0.3) is 0 Å². The summed E-state index contributed by atoms with van der Waals surface area (Å²) in [6.07, 6.45) is -0.477. The molecular formula is C14H23BrClNO3. The summed E-state index contributed by atoms with van der Waals surface area (Å²) in [5, 5.41) is 12.8. The van der Waals surface area contributed by atoms with Crippen molar-refractivity contribution in [1.82, 2.24) is 5.32 Å². The van der Waals surface area contributed by atoms with E-state index in [0.29, 0.717) is 32.4 Å². The molecule has 0 aliphatic carbocycles. The van der Waals surface area contributed by atoms with Crippen molar-refractivity contribution in [3.8, 4) is 5.75 Å². The summed E-state index contributed by atoms with van der Waals surface area (Å²) in [6.45, 7) is 5.90. The van der Waals surface area contributed by atoms with E-state index in [-0.39, 0.29) is 12.4 Å². The molecule has 6 heteroatoms. The first-order chi connectivity index (χ1) is 9.08. The van der Waals surface area contributed by atoms with Gasteiger partial charge in [0.1, 0.15) is 12.4 Å². The minimum Gasteiger partial charge on any atom is -0.491 e. The first-order valence-electron chi connectivity index (χ1n) is 6.45. The van der Waals surface area contributed by atoms with E-state index in [0.717, 1.165) is 10.2 Å². The van der Waals surface area contributed by atoms with Crippen LogP contribution in [0, 0.1) is 0 Å². The molecule has 2 N–H and O–H groups in total. The molecule has 116 valence electrons. The highest BCUT2D eigenvalue weighted by atomic mass is 79.9. The summed E-state index contributed by atoms with van der Waals surface area (Å²) < 4.78 is 11.9. The van der Waals surface area contributed by atoms with Gasteiger partial charge in [-0.05, 0) is 24.3 Å². The highest BCUT2D eigenvalue weighted by molar-refractivity contribution is 9.10. The molecule has 0 aliphatic rings. The molecule has 1 aromatic rings. The smallest absolute Gasteiger partial charge is 0.119 e. The van der Waals surface area contributed by atoms with Gasteiger partial charge in [0, 0.05) is 17.1 Å². The standard InChI is InChI=1S/C14H22BrNO3.ClH/c1-11(2)16-9-13(17)10-18-7-8-19-14-5-3-12(15)4-6-14;/h3-6,11,13,16-17H,7-10H2,1-2H3;1H. The Labute approximate surface area is 135 Å². The predicted octanol–water partition coefficient (Wildman–Crippen LogP) is 2.63. The number of nitrogens with one attached hydrogen (secondary N) is 1. The van der Waals surface area contributed by atoms with Gasteiger partial charge in [0.2, 0.25) is 0 Å². The lowest BCUT2D eigenvalue weighted by molar-refractivity contribution is 0.0244. The third-order valence-corrected chi connectivity index (χ3v) is 2.91. The number of rotatable bonds is 9. The summed E-state index contributed by atoms with van der Waals surface area (Å²) in [4.78, 5) is 0. The minimum absolute atomic E-state index is 0. The second kappa shape index (κ2) is 11.3. The lowest BCUT2D eigenvalue weighted by atomic mass is 10.3. The zero-order chi connectivity index (χ0) is 14.1. The zero-order valence-corrected chi connectivity index (χ0v) is 14.2. The normalized spacial score (nSPS) is 12.1. The second-order valence-electron chi connectivity index (χ2n) is 4.59. The molecule has 0 radical (unpaired) electrons. The van der Waals surface area contributed by atoms with Crippen LogP contribution in [0.1, 0.15) is 13.8 Å². The van der Waals surface area contributed by atoms with Crippen molar-refractivity contribution in [3.05, 3.63) is 28.7 Å². The van der Waals surface area contributed by atoms with Gasteiger partial charge in [-0.1, -0.05) is 29.8 Å². The Balaban J connectivity index is 0.00000361. The SMILES string of the molecule is CC(C)NCC(O)COCCOc1ccc(Br)cc1.Cl. The molecule has 0 aliphatic heterocycles. The molecule has 1 unspecified atom stereocenters. The van der Waals surface area contributed by atoms with Crippen LogP contribution in [0.4, 0.5) is 0 Å². The summed E-state index contributed by atoms with van der Waals surface area (Å²) in [5.41, 5.74) is 0. The lowest BCUT2D eigenvalue weighted by Gasteiger charge is -2.14. The van der Waals surface area contributed by atoms with Gasteiger partial charge in [-0.25, -0.2) is 0 Å². The fourth-order valence-corrected chi connectivity index (χ4v) is 1.66. The molecule has 0 aromatic heterocycles. The fraction of sp³-hybridized carbons (Fsp3) is 0.571. The summed E-state index contributed by atoms with van der Waals surface area (Å²) in [7, 11) is 0. The van der Waals surface area contributed by atoms with E-state index in [1.165, 1.54) is 0 Å². The van der Waals surface area contributed by atoms with Gasteiger partial charge in [0.05, 0.1) is 19.3 Å². The van der Waals surface area contributed by atoms with Crippen LogP contribution < -0.4 is 10.1 Å². The quantitative estimate of drug-likeness (QED) is 0.658. The van der Waals surface area contributed by atoms with Gasteiger partial charge in [0.15, 0.2) is 0 Å². The van der Waals surface area contributed by atoms with Gasteiger partial charge >= 0.3 is 0 Å². The third kappa shape index (κ3) is 9.55. The van der Waals surface area contributed by atoms with Gasteiger partial charge < -0.3 is 19.9 Å². The van der Waals surface area contributed by atoms with Crippen LogP contribution >= 0.6 is 28.3 Å². The molecule has 20 heavy (non-hydrogen) atoms. The van der Waals surface area contributed by atoms with Crippen LogP contribution in [0.3, 0.4) is 0 Å². The van der Waals surface area contributed by atoms with Crippen molar-refractivity contribution < 1.29 is 14.6 Å². The van der Waals surface area contributed by atoms with Crippen LogP contribution in [-0.2, 0) is 4.74 Å². The molecular weight excluding hydrogens is 346 g/mol. The van der Waals surface area contributed by atoms with Crippen molar-refractivity contribution in [3.63, 3.8) is 0 Å². The molecule has 1 aromatic carbocycles. The zero-order valence-electron chi connectivity index (χ0n) is 11.8. The highest BCUT2D eigenvalue weighted by Crippen LogP contribution is 2.15. The molecule has 0 saturated heterocycles. The van der Waals surface area contributed by atoms with Gasteiger partial charge in [-0.2, -0.15) is 0 Å². The van der Waals surface area contributed by atoms with E-state index in [1.54, 1.807) is 0 Å². The van der Waals surface area contributed by atoms with Crippen molar-refractivity contribution >= 4 is 28.3 Å². The molecule has 0 saturated carbocycles. The van der Waals surface area contributed by atoms with Crippen LogP contribution in [0.5, 0.6) is 5.75 Å². The Morgan fingerprint density at radius 1 is 1.20 bits per heavy atom. The first-order valence-corrected chi connectivity index (χ1v) is 7.25. The average molecular weight is 369 g/mol. The van der Waals surface area contributed by atoms with E-state index in [2.05, 4.69) is 21.2 Å². The van der Waals surface area contributed by atoms with E-state index in [9.17, 15) is 5.11 Å². The second-order valence-corrected chi connectivity index (χ2v) is 5.51. The van der Waals surface area contributed by atoms with Crippen molar-refractivity contribution in [1.29, 1.82) is 0 Å². The number of hydrogen-bond donors (Lipinski definition) is 2. The summed E-state index contributed by atoms with van der Waals surface area (Å²) >= 11 is 3.37. The maximum atomic E-state index is 9.61. The number of ether oxygens (including phenoxy) is 2. The minimum atomic E-state index is -0.477. The topological polar surface area (TPSA) is 50.7 Å². The Morgan fingerprint density at radius 2 is 1.85 bits per heavy atom. The van der Waals surface area contributed by atoms with Gasteiger partial charge in [-0.3, -0.25) is 0 Å². The number of aliphatic hydroxyl groups excluding tert-OH is 1. The van der Waals surface area contributed by atoms with E-state index in [1.807, 2.05) is 38.1 Å². The number of benzene rings is 1. The molecule has 4 nitrogen and oxygen atoms in total. The van der Waals surface area contributed by atoms with Crippen molar-refractivity contribution in [2.45, 2.75) is 26.0 Å². The predicted molar refractivity (Wildman–Crippen MR) is 86.8 cm³/mol. The molecule has 1 rings (SSSR count). The number of hydrogen-bond acceptors (Lipinski definition) is 4. The van der Waals surface area contributed by atoms with Crippen LogP contribution in [0.2, 0.25) is 0 Å². The highest BCUT2D eigenvalue weighted by Gasteiger charge is 2.04. The Bertz CT molecular complexity index is 349. The molecule has 0 heterocycles. The number of aliphatic hydroxyl groups is 1. The van der Waals surface area contributed by atoms with E-state index >= 15 is 0 Å². The monoisotopic (exact) mass is 367 g/mol. The van der Waals surface area contributed by atoms with E-state index in [4.69, 9.17) is 9.47 Å². The molecule has 1 atom stereocenters. The molecule has 0 amide bonds. The third-order valence-electron chi connectivity index (χ3n) is 2.38. The summed E-state index contributed by atoms with van der Waals surface area (Å²) in [5.74, 6) is 0.814. The van der Waals surface area contributed by atoms with Crippen LogP contribution in [-0.4, -0.2) is 43.6 Å². The van der Waals surface area contributed by atoms with Crippen molar-refractivity contribution in [2.75, 3.05) is 26.4 Å². The molecule has 0 fully saturated rings. The Kier molecular flexibility index (Phi) is 11.2. The van der Waals surface area contributed by atoms with Crippen molar-refractivity contribution in [2.24, 2.45) is 0 Å². The maximum absolute atomic E-state index is 9.61. The number of halogens is 2. The van der Waals surface area contributed by atoms with E-state index < -0.39 is 6.10 Å². The van der Waals surface area contributed by atoms with Gasteiger partial charge in [0.25, 0.3) is 0 Å². The maximum Gasteiger partial charge on any atom is 0.119 e. The summed E-state index contributed by atoms with van der Waals surface area (Å²) in [6, 6.07) is 8.02. The lowest BCUT2D eigenvalue weighted by Crippen LogP contribution is -2.34. The fourth-order valence-electron chi connectivity index (χ4n) is 1.40. The first kappa shape index (κ1) is 19.7. The average Bonchev–Trinajstić information content (AvgIpc) is 2.38. The largest absolute Gasteiger partial charge is 0.491 e. The molecule has 0 bridgehead atoms. The van der Waals surface area contributed by atoms with Gasteiger partial charge in [-0.15, -0.1) is 12.4 Å². The Hall–Kier alpha value is -0.330. The molecule has 0 spiro atoms. The Morgan fingerprint density at radius 3 is 2.45 bits per heavy atom. The van der Waals surface area contributed by atoms with Crippen LogP contribution in [0.15, 0.2) is 28.7 Å².